The second-order valence-corrected chi connectivity index (χ2v) is 5.01. The summed E-state index contributed by atoms with van der Waals surface area (Å²) in [6.45, 7) is 0. The molecule has 20 heavy (non-hydrogen) atoms. The molecule has 0 amide bonds. The maximum atomic E-state index is 5.86. The van der Waals surface area contributed by atoms with Gasteiger partial charge in [-0.3, -0.25) is 4.98 Å². The summed E-state index contributed by atoms with van der Waals surface area (Å²) in [5.41, 5.74) is 0. The number of halogens is 2. The Hall–Kier alpha value is -1.99. The molecule has 0 saturated carbocycles. The van der Waals surface area contributed by atoms with E-state index < -0.39 is 0 Å². The monoisotopic (exact) mass is 351 g/mol. The van der Waals surface area contributed by atoms with Crippen LogP contribution >= 0.6 is 27.5 Å². The Bertz CT molecular complexity index is 734. The van der Waals surface area contributed by atoms with Gasteiger partial charge in [0, 0.05) is 24.7 Å². The van der Waals surface area contributed by atoms with Gasteiger partial charge in [-0.05, 0) is 22.0 Å². The first-order chi connectivity index (χ1) is 9.72. The number of rotatable bonds is 3. The van der Waals surface area contributed by atoms with Crippen molar-refractivity contribution in [2.24, 2.45) is 0 Å². The van der Waals surface area contributed by atoms with E-state index in [4.69, 9.17) is 16.3 Å². The van der Waals surface area contributed by atoms with E-state index in [9.17, 15) is 0 Å². The molecule has 0 fully saturated rings. The van der Waals surface area contributed by atoms with E-state index in [1.165, 1.54) is 10.9 Å². The number of hydrogen-bond acceptors (Lipinski definition) is 5. The number of pyridine rings is 1. The molecule has 0 saturated heterocycles. The fraction of sp³-hybridized carbons (Fsp3) is 0. The molecule has 3 heterocycles. The molecule has 0 aromatic carbocycles. The standard InChI is InChI=1S/C12H7BrClN5O/c13-10-7-16-12(19-3-1-2-17-19)18-11(10)20-9-4-8(14)5-15-6-9/h1-7H. The maximum Gasteiger partial charge on any atom is 0.253 e. The molecule has 0 aliphatic rings. The van der Waals surface area contributed by atoms with E-state index in [2.05, 4.69) is 36.0 Å². The highest BCUT2D eigenvalue weighted by Crippen LogP contribution is 2.28. The molecule has 0 aliphatic heterocycles. The topological polar surface area (TPSA) is 65.7 Å². The summed E-state index contributed by atoms with van der Waals surface area (Å²) in [7, 11) is 0. The molecule has 0 atom stereocenters. The van der Waals surface area contributed by atoms with Crippen molar-refractivity contribution in [2.45, 2.75) is 0 Å². The predicted octanol–water partition coefficient (Wildman–Crippen LogP) is 3.27. The molecule has 0 bridgehead atoms. The van der Waals surface area contributed by atoms with Gasteiger partial charge in [0.15, 0.2) is 0 Å². The minimum Gasteiger partial charge on any atom is -0.436 e. The summed E-state index contributed by atoms with van der Waals surface area (Å²) in [6, 6.07) is 3.43. The van der Waals surface area contributed by atoms with Crippen LogP contribution in [0.4, 0.5) is 0 Å². The molecule has 8 heteroatoms. The van der Waals surface area contributed by atoms with Crippen molar-refractivity contribution < 1.29 is 4.74 Å². The van der Waals surface area contributed by atoms with Crippen LogP contribution in [0.15, 0.2) is 47.6 Å². The van der Waals surface area contributed by atoms with Crippen molar-refractivity contribution in [3.63, 3.8) is 0 Å². The van der Waals surface area contributed by atoms with Crippen molar-refractivity contribution in [1.82, 2.24) is 24.7 Å². The second-order valence-electron chi connectivity index (χ2n) is 3.71. The van der Waals surface area contributed by atoms with E-state index in [0.717, 1.165) is 0 Å². The SMILES string of the molecule is Clc1cncc(Oc2nc(-n3cccn3)ncc2Br)c1. The number of nitrogens with zero attached hydrogens (tertiary/aromatic N) is 5. The van der Waals surface area contributed by atoms with E-state index in [0.29, 0.717) is 27.1 Å². The minimum absolute atomic E-state index is 0.356. The number of aromatic nitrogens is 5. The van der Waals surface area contributed by atoms with Crippen LogP contribution in [0.3, 0.4) is 0 Å². The van der Waals surface area contributed by atoms with Crippen molar-refractivity contribution in [3.8, 4) is 17.6 Å². The second kappa shape index (κ2) is 5.56. The Kier molecular flexibility index (Phi) is 3.62. The molecule has 0 spiro atoms. The summed E-state index contributed by atoms with van der Waals surface area (Å²) in [5.74, 6) is 1.25. The lowest BCUT2D eigenvalue weighted by atomic mass is 10.4. The number of hydrogen-bond donors (Lipinski definition) is 0. The van der Waals surface area contributed by atoms with Gasteiger partial charge < -0.3 is 4.74 Å². The molecule has 0 aliphatic carbocycles. The molecule has 3 aromatic heterocycles. The molecule has 100 valence electrons. The Morgan fingerprint density at radius 2 is 2.15 bits per heavy atom. The van der Waals surface area contributed by atoms with Gasteiger partial charge in [-0.25, -0.2) is 9.67 Å². The van der Waals surface area contributed by atoms with Gasteiger partial charge in [-0.15, -0.1) is 0 Å². The first-order valence-electron chi connectivity index (χ1n) is 5.53. The average molecular weight is 353 g/mol. The van der Waals surface area contributed by atoms with Crippen LogP contribution in [0.5, 0.6) is 11.6 Å². The maximum absolute atomic E-state index is 5.86. The zero-order valence-corrected chi connectivity index (χ0v) is 12.3. The molecule has 3 aromatic rings. The van der Waals surface area contributed by atoms with Gasteiger partial charge in [0.2, 0.25) is 5.88 Å². The zero-order chi connectivity index (χ0) is 13.9. The molecule has 6 nitrogen and oxygen atoms in total. The van der Waals surface area contributed by atoms with Crippen LogP contribution in [-0.4, -0.2) is 24.7 Å². The highest BCUT2D eigenvalue weighted by molar-refractivity contribution is 9.10. The summed E-state index contributed by atoms with van der Waals surface area (Å²) in [5, 5.41) is 4.55. The van der Waals surface area contributed by atoms with E-state index in [1.807, 2.05) is 0 Å². The van der Waals surface area contributed by atoms with Gasteiger partial charge in [-0.2, -0.15) is 10.1 Å². The lowest BCUT2D eigenvalue weighted by Gasteiger charge is -2.07. The minimum atomic E-state index is 0.356. The summed E-state index contributed by atoms with van der Waals surface area (Å²) < 4.78 is 7.80. The van der Waals surface area contributed by atoms with Crippen molar-refractivity contribution >= 4 is 27.5 Å². The van der Waals surface area contributed by atoms with Gasteiger partial charge in [0.05, 0.1) is 21.9 Å². The van der Waals surface area contributed by atoms with Crippen LogP contribution in [-0.2, 0) is 0 Å². The Morgan fingerprint density at radius 1 is 1.25 bits per heavy atom. The summed E-state index contributed by atoms with van der Waals surface area (Å²) in [6.07, 6.45) is 8.06. The van der Waals surface area contributed by atoms with Gasteiger partial charge in [0.25, 0.3) is 5.95 Å². The lowest BCUT2D eigenvalue weighted by molar-refractivity contribution is 0.454. The van der Waals surface area contributed by atoms with Gasteiger partial charge in [0.1, 0.15) is 5.75 Å². The van der Waals surface area contributed by atoms with Crippen LogP contribution in [0.25, 0.3) is 5.95 Å². The van der Waals surface area contributed by atoms with Crippen LogP contribution in [0.2, 0.25) is 5.02 Å². The molecular weight excluding hydrogens is 346 g/mol. The molecule has 0 N–H and O–H groups in total. The third-order valence-corrected chi connectivity index (χ3v) is 3.05. The Morgan fingerprint density at radius 3 is 2.90 bits per heavy atom. The summed E-state index contributed by atoms with van der Waals surface area (Å²) >= 11 is 9.20. The van der Waals surface area contributed by atoms with Crippen LogP contribution in [0.1, 0.15) is 0 Å². The lowest BCUT2D eigenvalue weighted by Crippen LogP contribution is -2.03. The smallest absolute Gasteiger partial charge is 0.253 e. The highest BCUT2D eigenvalue weighted by Gasteiger charge is 2.09. The Balaban J connectivity index is 1.95. The third-order valence-electron chi connectivity index (χ3n) is 2.30. The van der Waals surface area contributed by atoms with Crippen molar-refractivity contribution in [3.05, 3.63) is 52.6 Å². The first-order valence-corrected chi connectivity index (χ1v) is 6.70. The fourth-order valence-corrected chi connectivity index (χ4v) is 1.91. The predicted molar refractivity (Wildman–Crippen MR) is 76.2 cm³/mol. The third kappa shape index (κ3) is 2.78. The molecule has 0 unspecified atom stereocenters. The quantitative estimate of drug-likeness (QED) is 0.724. The molecular formula is C12H7BrClN5O. The highest BCUT2D eigenvalue weighted by atomic mass is 79.9. The fourth-order valence-electron chi connectivity index (χ4n) is 1.47. The van der Waals surface area contributed by atoms with E-state index in [1.54, 1.807) is 36.9 Å². The normalized spacial score (nSPS) is 10.5. The zero-order valence-electron chi connectivity index (χ0n) is 9.94. The van der Waals surface area contributed by atoms with Crippen LogP contribution < -0.4 is 4.74 Å². The molecule has 0 radical (unpaired) electrons. The van der Waals surface area contributed by atoms with Gasteiger partial charge in [-0.1, -0.05) is 11.6 Å². The van der Waals surface area contributed by atoms with Crippen LogP contribution in [0, 0.1) is 0 Å². The van der Waals surface area contributed by atoms with Gasteiger partial charge >= 0.3 is 0 Å². The largest absolute Gasteiger partial charge is 0.436 e. The van der Waals surface area contributed by atoms with E-state index in [-0.39, 0.29) is 0 Å². The summed E-state index contributed by atoms with van der Waals surface area (Å²) in [4.78, 5) is 12.4. The molecule has 3 rings (SSSR count). The average Bonchev–Trinajstić information content (AvgIpc) is 2.95. The number of ether oxygens (including phenoxy) is 1. The van der Waals surface area contributed by atoms with Crippen molar-refractivity contribution in [2.75, 3.05) is 0 Å². The van der Waals surface area contributed by atoms with Crippen molar-refractivity contribution in [1.29, 1.82) is 0 Å². The Labute approximate surface area is 127 Å². The van der Waals surface area contributed by atoms with E-state index >= 15 is 0 Å². The first kappa shape index (κ1) is 13.0.